The van der Waals surface area contributed by atoms with Crippen molar-refractivity contribution in [2.75, 3.05) is 18.0 Å². The van der Waals surface area contributed by atoms with Crippen LogP contribution in [0.5, 0.6) is 0 Å². The highest BCUT2D eigenvalue weighted by molar-refractivity contribution is 5.75. The fourth-order valence-electron chi connectivity index (χ4n) is 2.88. The van der Waals surface area contributed by atoms with Crippen molar-refractivity contribution >= 4 is 11.7 Å². The molecule has 122 valence electrons. The van der Waals surface area contributed by atoms with Crippen LogP contribution in [0.4, 0.5) is 5.82 Å². The number of amides is 1. The van der Waals surface area contributed by atoms with E-state index in [1.54, 1.807) is 4.68 Å². The van der Waals surface area contributed by atoms with Gasteiger partial charge in [0, 0.05) is 31.5 Å². The molecule has 0 radical (unpaired) electrons. The number of carbonyl (C=O) groups excluding carboxylic acids is 1. The molecule has 0 atom stereocenters. The van der Waals surface area contributed by atoms with Crippen LogP contribution in [0.1, 0.15) is 29.8 Å². The fourth-order valence-corrected chi connectivity index (χ4v) is 2.88. The van der Waals surface area contributed by atoms with E-state index in [4.69, 9.17) is 0 Å². The molecule has 0 aliphatic carbocycles. The Bertz CT molecular complexity index is 671. The van der Waals surface area contributed by atoms with Gasteiger partial charge in [-0.1, -0.05) is 6.07 Å². The number of nitrogens with one attached hydrogen (secondary N) is 1. The van der Waals surface area contributed by atoms with E-state index in [0.717, 1.165) is 35.9 Å². The summed E-state index contributed by atoms with van der Waals surface area (Å²) in [6, 6.07) is 6.03. The monoisotopic (exact) mass is 313 g/mol. The smallest absolute Gasteiger partial charge is 0.242 e. The second-order valence-corrected chi connectivity index (χ2v) is 6.08. The molecule has 23 heavy (non-hydrogen) atoms. The molecule has 1 fully saturated rings. The van der Waals surface area contributed by atoms with E-state index in [0.29, 0.717) is 6.54 Å². The van der Waals surface area contributed by atoms with Crippen molar-refractivity contribution in [3.8, 4) is 0 Å². The molecule has 0 aromatic carbocycles. The van der Waals surface area contributed by atoms with E-state index in [1.807, 2.05) is 38.2 Å². The van der Waals surface area contributed by atoms with Crippen molar-refractivity contribution in [1.29, 1.82) is 0 Å². The van der Waals surface area contributed by atoms with Crippen LogP contribution in [0.25, 0.3) is 0 Å². The van der Waals surface area contributed by atoms with Crippen molar-refractivity contribution in [3.63, 3.8) is 0 Å². The molecule has 1 amide bonds. The zero-order valence-electron chi connectivity index (χ0n) is 13.7. The quantitative estimate of drug-likeness (QED) is 0.914. The Morgan fingerprint density at radius 2 is 2.04 bits per heavy atom. The molecule has 6 heteroatoms. The lowest BCUT2D eigenvalue weighted by Crippen LogP contribution is -2.28. The van der Waals surface area contributed by atoms with Gasteiger partial charge in [0.15, 0.2) is 0 Å². The first-order chi connectivity index (χ1) is 11.1. The Morgan fingerprint density at radius 3 is 2.65 bits per heavy atom. The Hall–Kier alpha value is -2.37. The van der Waals surface area contributed by atoms with Crippen LogP contribution in [0.2, 0.25) is 0 Å². The Kier molecular flexibility index (Phi) is 4.60. The third-order valence-electron chi connectivity index (χ3n) is 4.13. The van der Waals surface area contributed by atoms with Gasteiger partial charge in [0.2, 0.25) is 5.91 Å². The van der Waals surface area contributed by atoms with Crippen LogP contribution in [-0.2, 0) is 17.9 Å². The van der Waals surface area contributed by atoms with Gasteiger partial charge >= 0.3 is 0 Å². The van der Waals surface area contributed by atoms with E-state index >= 15 is 0 Å². The molecule has 6 nitrogen and oxygen atoms in total. The Morgan fingerprint density at radius 1 is 1.26 bits per heavy atom. The number of aryl methyl sites for hydroxylation is 2. The summed E-state index contributed by atoms with van der Waals surface area (Å²) >= 11 is 0. The summed E-state index contributed by atoms with van der Waals surface area (Å²) in [4.78, 5) is 18.8. The first-order valence-electron chi connectivity index (χ1n) is 8.09. The standard InChI is InChI=1S/C17H23N5O/c1-13-9-14(2)22(20-13)12-17(23)19-11-15-5-6-16(18-10-15)21-7-3-4-8-21/h5-6,9-10H,3-4,7-8,11-12H2,1-2H3,(H,19,23). The lowest BCUT2D eigenvalue weighted by atomic mass is 10.2. The molecular formula is C17H23N5O. The second-order valence-electron chi connectivity index (χ2n) is 6.08. The van der Waals surface area contributed by atoms with Gasteiger partial charge in [-0.05, 0) is 44.4 Å². The number of nitrogens with zero attached hydrogens (tertiary/aromatic N) is 4. The van der Waals surface area contributed by atoms with Gasteiger partial charge in [-0.15, -0.1) is 0 Å². The van der Waals surface area contributed by atoms with Gasteiger partial charge < -0.3 is 10.2 Å². The number of hydrogen-bond acceptors (Lipinski definition) is 4. The third-order valence-corrected chi connectivity index (χ3v) is 4.13. The minimum atomic E-state index is -0.0418. The zero-order chi connectivity index (χ0) is 16.2. The normalized spacial score (nSPS) is 14.3. The van der Waals surface area contributed by atoms with Gasteiger partial charge in [0.1, 0.15) is 12.4 Å². The number of rotatable bonds is 5. The van der Waals surface area contributed by atoms with E-state index < -0.39 is 0 Å². The maximum absolute atomic E-state index is 12.0. The number of pyridine rings is 1. The minimum Gasteiger partial charge on any atom is -0.357 e. The molecule has 1 N–H and O–H groups in total. The average molecular weight is 313 g/mol. The van der Waals surface area contributed by atoms with Crippen molar-refractivity contribution in [3.05, 3.63) is 41.3 Å². The second kappa shape index (κ2) is 6.81. The summed E-state index contributed by atoms with van der Waals surface area (Å²) in [5.74, 6) is 0.986. The predicted octanol–water partition coefficient (Wildman–Crippen LogP) is 1.81. The van der Waals surface area contributed by atoms with Crippen LogP contribution in [-0.4, -0.2) is 33.8 Å². The molecule has 1 aliphatic rings. The maximum atomic E-state index is 12.0. The predicted molar refractivity (Wildman–Crippen MR) is 89.2 cm³/mol. The lowest BCUT2D eigenvalue weighted by molar-refractivity contribution is -0.122. The highest BCUT2D eigenvalue weighted by atomic mass is 16.2. The summed E-state index contributed by atoms with van der Waals surface area (Å²) in [6.45, 7) is 6.80. The zero-order valence-corrected chi connectivity index (χ0v) is 13.7. The molecular weight excluding hydrogens is 290 g/mol. The molecule has 2 aromatic heterocycles. The van der Waals surface area contributed by atoms with Crippen molar-refractivity contribution in [2.24, 2.45) is 0 Å². The van der Waals surface area contributed by atoms with Gasteiger partial charge in [-0.3, -0.25) is 9.48 Å². The first-order valence-corrected chi connectivity index (χ1v) is 8.09. The van der Waals surface area contributed by atoms with Crippen LogP contribution >= 0.6 is 0 Å². The summed E-state index contributed by atoms with van der Waals surface area (Å²) in [5.41, 5.74) is 2.93. The van der Waals surface area contributed by atoms with Gasteiger partial charge in [-0.25, -0.2) is 4.98 Å². The number of anilines is 1. The van der Waals surface area contributed by atoms with E-state index in [2.05, 4.69) is 20.3 Å². The molecule has 3 heterocycles. The topological polar surface area (TPSA) is 63.1 Å². The third kappa shape index (κ3) is 3.88. The average Bonchev–Trinajstić information content (AvgIpc) is 3.16. The van der Waals surface area contributed by atoms with Gasteiger partial charge in [-0.2, -0.15) is 5.10 Å². The van der Waals surface area contributed by atoms with Gasteiger partial charge in [0.25, 0.3) is 0 Å². The van der Waals surface area contributed by atoms with Crippen molar-refractivity contribution < 1.29 is 4.79 Å². The van der Waals surface area contributed by atoms with E-state index in [1.165, 1.54) is 12.8 Å². The fraction of sp³-hybridized carbons (Fsp3) is 0.471. The van der Waals surface area contributed by atoms with Crippen LogP contribution < -0.4 is 10.2 Å². The molecule has 0 saturated carbocycles. The molecule has 3 rings (SSSR count). The summed E-state index contributed by atoms with van der Waals surface area (Å²) in [5, 5.41) is 7.22. The molecule has 0 spiro atoms. The van der Waals surface area contributed by atoms with Crippen LogP contribution in [0, 0.1) is 13.8 Å². The Balaban J connectivity index is 1.51. The highest BCUT2D eigenvalue weighted by Crippen LogP contribution is 2.17. The molecule has 2 aromatic rings. The number of aromatic nitrogens is 3. The lowest BCUT2D eigenvalue weighted by Gasteiger charge is -2.16. The van der Waals surface area contributed by atoms with Crippen LogP contribution in [0.15, 0.2) is 24.4 Å². The molecule has 0 bridgehead atoms. The van der Waals surface area contributed by atoms with Crippen molar-refractivity contribution in [2.45, 2.75) is 39.8 Å². The first kappa shape index (κ1) is 15.5. The molecule has 1 aliphatic heterocycles. The van der Waals surface area contributed by atoms with E-state index in [9.17, 15) is 4.79 Å². The maximum Gasteiger partial charge on any atom is 0.242 e. The van der Waals surface area contributed by atoms with E-state index in [-0.39, 0.29) is 12.5 Å². The highest BCUT2D eigenvalue weighted by Gasteiger charge is 2.13. The Labute approximate surface area is 136 Å². The summed E-state index contributed by atoms with van der Waals surface area (Å²) in [6.07, 6.45) is 4.33. The minimum absolute atomic E-state index is 0.0418. The number of carbonyl (C=O) groups is 1. The van der Waals surface area contributed by atoms with Crippen molar-refractivity contribution in [1.82, 2.24) is 20.1 Å². The largest absolute Gasteiger partial charge is 0.357 e. The van der Waals surface area contributed by atoms with Gasteiger partial charge in [0.05, 0.1) is 5.69 Å². The molecule has 0 unspecified atom stereocenters. The summed E-state index contributed by atoms with van der Waals surface area (Å²) in [7, 11) is 0. The molecule has 1 saturated heterocycles. The summed E-state index contributed by atoms with van der Waals surface area (Å²) < 4.78 is 1.72. The van der Waals surface area contributed by atoms with Crippen LogP contribution in [0.3, 0.4) is 0 Å². The SMILES string of the molecule is Cc1cc(C)n(CC(=O)NCc2ccc(N3CCCC3)nc2)n1. The number of hydrogen-bond donors (Lipinski definition) is 1.